The second-order valence-electron chi connectivity index (χ2n) is 3.66. The van der Waals surface area contributed by atoms with Crippen molar-refractivity contribution in [2.24, 2.45) is 0 Å². The van der Waals surface area contributed by atoms with Crippen molar-refractivity contribution in [1.29, 1.82) is 0 Å². The number of non-ortho nitro benzene ring substituents is 1. The molecule has 2 rings (SSSR count). The summed E-state index contributed by atoms with van der Waals surface area (Å²) in [5.74, 6) is -0.489. The van der Waals surface area contributed by atoms with Gasteiger partial charge in [-0.1, -0.05) is 17.4 Å². The Kier molecular flexibility index (Phi) is 3.38. The normalized spacial score (nSPS) is 10.2. The van der Waals surface area contributed by atoms with Crippen molar-refractivity contribution in [3.63, 3.8) is 0 Å². The van der Waals surface area contributed by atoms with Gasteiger partial charge in [0.1, 0.15) is 0 Å². The van der Waals surface area contributed by atoms with Crippen LogP contribution >= 0.6 is 11.3 Å². The first-order valence-corrected chi connectivity index (χ1v) is 5.94. The maximum absolute atomic E-state index is 12.0. The Morgan fingerprint density at radius 1 is 1.47 bits per heavy atom. The summed E-state index contributed by atoms with van der Waals surface area (Å²) >= 11 is 1.02. The van der Waals surface area contributed by atoms with E-state index in [1.165, 1.54) is 18.2 Å². The van der Waals surface area contributed by atoms with Crippen LogP contribution in [0.5, 0.6) is 0 Å². The van der Waals surface area contributed by atoms with Crippen LogP contribution in [0.25, 0.3) is 0 Å². The molecule has 0 aliphatic heterocycles. The number of aromatic nitrogens is 2. The Hall–Kier alpha value is -2.55. The zero-order chi connectivity index (χ0) is 14.0. The lowest BCUT2D eigenvalue weighted by Gasteiger charge is -2.04. The molecule has 2 aromatic rings. The summed E-state index contributed by atoms with van der Waals surface area (Å²) in [6, 6.07) is 4.08. The Balaban J connectivity index is 2.27. The SMILES string of the molecule is Cc1ccc([N+](=O)[O-])cc1C(=O)Nc1nnc(N)s1. The summed E-state index contributed by atoms with van der Waals surface area (Å²) in [6.45, 7) is 1.69. The van der Waals surface area contributed by atoms with Crippen LogP contribution in [0.15, 0.2) is 18.2 Å². The van der Waals surface area contributed by atoms with Gasteiger partial charge in [-0.25, -0.2) is 0 Å². The van der Waals surface area contributed by atoms with E-state index in [1.54, 1.807) is 6.92 Å². The smallest absolute Gasteiger partial charge is 0.270 e. The molecule has 1 aromatic carbocycles. The van der Waals surface area contributed by atoms with Crippen molar-refractivity contribution < 1.29 is 9.72 Å². The first-order valence-electron chi connectivity index (χ1n) is 5.13. The number of anilines is 2. The topological polar surface area (TPSA) is 124 Å². The first-order chi connectivity index (χ1) is 8.97. The molecule has 0 aliphatic rings. The minimum absolute atomic E-state index is 0.146. The predicted octanol–water partition coefficient (Wildman–Crippen LogP) is 1.59. The van der Waals surface area contributed by atoms with Crippen molar-refractivity contribution in [3.05, 3.63) is 39.4 Å². The van der Waals surface area contributed by atoms with E-state index in [2.05, 4.69) is 15.5 Å². The third kappa shape index (κ3) is 2.83. The predicted molar refractivity (Wildman–Crippen MR) is 70.1 cm³/mol. The number of carbonyl (C=O) groups is 1. The van der Waals surface area contributed by atoms with Crippen molar-refractivity contribution >= 4 is 33.2 Å². The number of hydrogen-bond acceptors (Lipinski definition) is 7. The van der Waals surface area contributed by atoms with Gasteiger partial charge in [0, 0.05) is 17.7 Å². The monoisotopic (exact) mass is 279 g/mol. The largest absolute Gasteiger partial charge is 0.374 e. The van der Waals surface area contributed by atoms with Gasteiger partial charge < -0.3 is 5.73 Å². The summed E-state index contributed by atoms with van der Waals surface area (Å²) in [5, 5.41) is 20.8. The number of benzene rings is 1. The number of nitro groups is 1. The third-order valence-corrected chi connectivity index (χ3v) is 3.01. The molecule has 3 N–H and O–H groups in total. The molecule has 1 aromatic heterocycles. The van der Waals surface area contributed by atoms with Crippen molar-refractivity contribution in [2.45, 2.75) is 6.92 Å². The van der Waals surface area contributed by atoms with Gasteiger partial charge in [-0.15, -0.1) is 10.2 Å². The van der Waals surface area contributed by atoms with E-state index in [9.17, 15) is 14.9 Å². The lowest BCUT2D eigenvalue weighted by molar-refractivity contribution is -0.384. The molecular formula is C10H9N5O3S. The summed E-state index contributed by atoms with van der Waals surface area (Å²) in [5.41, 5.74) is 6.08. The molecule has 1 amide bonds. The first kappa shape index (κ1) is 12.9. The number of rotatable bonds is 3. The minimum atomic E-state index is -0.556. The van der Waals surface area contributed by atoms with Gasteiger partial charge in [-0.2, -0.15) is 0 Å². The zero-order valence-corrected chi connectivity index (χ0v) is 10.6. The fourth-order valence-corrected chi connectivity index (χ4v) is 1.92. The highest BCUT2D eigenvalue weighted by molar-refractivity contribution is 7.19. The van der Waals surface area contributed by atoms with Crippen LogP contribution in [0.4, 0.5) is 16.0 Å². The van der Waals surface area contributed by atoms with Crippen molar-refractivity contribution in [3.8, 4) is 0 Å². The van der Waals surface area contributed by atoms with Gasteiger partial charge in [0.25, 0.3) is 11.6 Å². The molecule has 0 fully saturated rings. The molecule has 0 saturated carbocycles. The second-order valence-corrected chi connectivity index (χ2v) is 4.67. The van der Waals surface area contributed by atoms with E-state index in [-0.39, 0.29) is 21.5 Å². The van der Waals surface area contributed by atoms with Crippen molar-refractivity contribution in [1.82, 2.24) is 10.2 Å². The number of hydrogen-bond donors (Lipinski definition) is 2. The highest BCUT2D eigenvalue weighted by atomic mass is 32.1. The molecule has 0 spiro atoms. The maximum atomic E-state index is 12.0. The Labute approximate surface area is 111 Å². The average Bonchev–Trinajstić information content (AvgIpc) is 2.74. The standard InChI is InChI=1S/C10H9N5O3S/c1-5-2-3-6(15(17)18)4-7(5)8(16)12-10-14-13-9(11)19-10/h2-4H,1H3,(H2,11,13)(H,12,14,16). The van der Waals surface area contributed by atoms with E-state index < -0.39 is 10.8 Å². The fourth-order valence-electron chi connectivity index (χ4n) is 1.42. The molecule has 0 radical (unpaired) electrons. The van der Waals surface area contributed by atoms with E-state index in [4.69, 9.17) is 5.73 Å². The van der Waals surface area contributed by atoms with Crippen LogP contribution in [0.2, 0.25) is 0 Å². The van der Waals surface area contributed by atoms with E-state index in [0.717, 1.165) is 11.3 Å². The van der Waals surface area contributed by atoms with Crippen LogP contribution in [0.3, 0.4) is 0 Å². The molecule has 0 atom stereocenters. The molecule has 98 valence electrons. The summed E-state index contributed by atoms with van der Waals surface area (Å²) in [4.78, 5) is 22.1. The zero-order valence-electron chi connectivity index (χ0n) is 9.78. The fraction of sp³-hybridized carbons (Fsp3) is 0.100. The molecule has 0 aliphatic carbocycles. The molecule has 9 heteroatoms. The van der Waals surface area contributed by atoms with Gasteiger partial charge in [0.2, 0.25) is 10.3 Å². The molecule has 8 nitrogen and oxygen atoms in total. The van der Waals surface area contributed by atoms with Crippen LogP contribution in [-0.2, 0) is 0 Å². The van der Waals surface area contributed by atoms with Gasteiger partial charge in [0.05, 0.1) is 4.92 Å². The van der Waals surface area contributed by atoms with E-state index >= 15 is 0 Å². The molecule has 0 unspecified atom stereocenters. The van der Waals surface area contributed by atoms with Gasteiger partial charge in [0.15, 0.2) is 0 Å². The number of nitrogens with one attached hydrogen (secondary N) is 1. The number of nitrogens with zero attached hydrogens (tertiary/aromatic N) is 3. The lowest BCUT2D eigenvalue weighted by Crippen LogP contribution is -2.13. The maximum Gasteiger partial charge on any atom is 0.270 e. The highest BCUT2D eigenvalue weighted by Gasteiger charge is 2.16. The summed E-state index contributed by atoms with van der Waals surface area (Å²) in [6.07, 6.45) is 0. The van der Waals surface area contributed by atoms with Crippen LogP contribution in [0.1, 0.15) is 15.9 Å². The number of aryl methyl sites for hydroxylation is 1. The van der Waals surface area contributed by atoms with E-state index in [0.29, 0.717) is 5.56 Å². The Morgan fingerprint density at radius 2 is 2.21 bits per heavy atom. The molecule has 0 saturated heterocycles. The van der Waals surface area contributed by atoms with E-state index in [1.807, 2.05) is 0 Å². The Bertz CT molecular complexity index is 654. The van der Waals surface area contributed by atoms with Gasteiger partial charge in [-0.3, -0.25) is 20.2 Å². The summed E-state index contributed by atoms with van der Waals surface area (Å²) in [7, 11) is 0. The van der Waals surface area contributed by atoms with Gasteiger partial charge >= 0.3 is 0 Å². The number of nitrogens with two attached hydrogens (primary N) is 1. The second kappa shape index (κ2) is 4.98. The van der Waals surface area contributed by atoms with Gasteiger partial charge in [-0.05, 0) is 12.5 Å². The number of nitro benzene ring substituents is 1. The molecule has 1 heterocycles. The van der Waals surface area contributed by atoms with Crippen molar-refractivity contribution in [2.75, 3.05) is 11.1 Å². The molecule has 0 bridgehead atoms. The average molecular weight is 279 g/mol. The quantitative estimate of drug-likeness (QED) is 0.649. The third-order valence-electron chi connectivity index (χ3n) is 2.34. The van der Waals surface area contributed by atoms with Crippen LogP contribution in [-0.4, -0.2) is 21.0 Å². The lowest BCUT2D eigenvalue weighted by atomic mass is 10.1. The summed E-state index contributed by atoms with van der Waals surface area (Å²) < 4.78 is 0. The number of nitrogen functional groups attached to an aromatic ring is 1. The molecule has 19 heavy (non-hydrogen) atoms. The van der Waals surface area contributed by atoms with Crippen LogP contribution in [0, 0.1) is 17.0 Å². The molecular weight excluding hydrogens is 270 g/mol. The minimum Gasteiger partial charge on any atom is -0.374 e. The van der Waals surface area contributed by atoms with Crippen LogP contribution < -0.4 is 11.1 Å². The number of amides is 1. The number of carbonyl (C=O) groups excluding carboxylic acids is 1. The Morgan fingerprint density at radius 3 is 2.79 bits per heavy atom. The highest BCUT2D eigenvalue weighted by Crippen LogP contribution is 2.21.